The van der Waals surface area contributed by atoms with Crippen molar-refractivity contribution in [2.24, 2.45) is 5.92 Å². The summed E-state index contributed by atoms with van der Waals surface area (Å²) in [5, 5.41) is 9.09. The van der Waals surface area contributed by atoms with Gasteiger partial charge in [0, 0.05) is 38.2 Å². The Labute approximate surface area is 203 Å². The Kier molecular flexibility index (Phi) is 7.56. The number of rotatable bonds is 8. The van der Waals surface area contributed by atoms with Gasteiger partial charge in [0.2, 0.25) is 15.9 Å². The lowest BCUT2D eigenvalue weighted by Crippen LogP contribution is -2.44. The van der Waals surface area contributed by atoms with Crippen LogP contribution in [0, 0.1) is 11.7 Å². The van der Waals surface area contributed by atoms with Gasteiger partial charge in [0.15, 0.2) is 11.5 Å². The number of carboxylic acid groups (broad SMARTS) is 1. The van der Waals surface area contributed by atoms with Gasteiger partial charge in [-0.05, 0) is 42.7 Å². The molecule has 1 amide bonds. The van der Waals surface area contributed by atoms with Crippen molar-refractivity contribution >= 4 is 21.9 Å². The number of nitrogens with zero attached hydrogens (tertiary/aromatic N) is 2. The number of hydrogen-bond acceptors (Lipinski definition) is 6. The Morgan fingerprint density at radius 2 is 1.69 bits per heavy atom. The van der Waals surface area contributed by atoms with Crippen molar-refractivity contribution in [2.45, 2.75) is 30.7 Å². The smallest absolute Gasteiger partial charge is 0.305 e. The van der Waals surface area contributed by atoms with Gasteiger partial charge in [-0.25, -0.2) is 12.8 Å². The molecule has 0 aliphatic carbocycles. The standard InChI is InChI=1S/C24H27FN2O7S/c25-19-3-1-17(2-4-19)16-26(10-9-23(28)29)24(30)18-7-11-27(12-8-18)35(31,32)20-5-6-21-22(15-20)34-14-13-33-21/h1-6,15,18H,7-14,16H2,(H,28,29). The summed E-state index contributed by atoms with van der Waals surface area (Å²) >= 11 is 0. The van der Waals surface area contributed by atoms with Crippen molar-refractivity contribution in [3.63, 3.8) is 0 Å². The topological polar surface area (TPSA) is 113 Å². The number of halogens is 1. The first kappa shape index (κ1) is 24.9. The minimum Gasteiger partial charge on any atom is -0.486 e. The summed E-state index contributed by atoms with van der Waals surface area (Å²) in [7, 11) is -3.78. The number of piperidine rings is 1. The molecule has 1 N–H and O–H groups in total. The van der Waals surface area contributed by atoms with E-state index in [1.807, 2.05) is 0 Å². The van der Waals surface area contributed by atoms with E-state index >= 15 is 0 Å². The van der Waals surface area contributed by atoms with Crippen LogP contribution >= 0.6 is 0 Å². The SMILES string of the molecule is O=C(O)CCN(Cc1ccc(F)cc1)C(=O)C1CCN(S(=O)(=O)c2ccc3c(c2)OCCO3)CC1. The van der Waals surface area contributed by atoms with Gasteiger partial charge >= 0.3 is 5.97 Å². The van der Waals surface area contributed by atoms with Crippen LogP contribution in [0.25, 0.3) is 0 Å². The number of carboxylic acids is 1. The van der Waals surface area contributed by atoms with Crippen LogP contribution in [0.15, 0.2) is 47.4 Å². The molecular formula is C24H27FN2O7S. The van der Waals surface area contributed by atoms with Gasteiger partial charge in [0.1, 0.15) is 19.0 Å². The first-order chi connectivity index (χ1) is 16.7. The third kappa shape index (κ3) is 5.91. The maximum absolute atomic E-state index is 13.2. The van der Waals surface area contributed by atoms with Crippen molar-refractivity contribution in [1.29, 1.82) is 0 Å². The lowest BCUT2D eigenvalue weighted by molar-refractivity contribution is -0.140. The van der Waals surface area contributed by atoms with Crippen LogP contribution < -0.4 is 9.47 Å². The molecule has 0 spiro atoms. The van der Waals surface area contributed by atoms with Crippen LogP contribution in [0.2, 0.25) is 0 Å². The van der Waals surface area contributed by atoms with E-state index in [-0.39, 0.29) is 43.4 Å². The van der Waals surface area contributed by atoms with Gasteiger partial charge in [-0.1, -0.05) is 12.1 Å². The molecule has 0 saturated carbocycles. The monoisotopic (exact) mass is 506 g/mol. The molecule has 4 rings (SSSR count). The van der Waals surface area contributed by atoms with Crippen LogP contribution in [0.5, 0.6) is 11.5 Å². The summed E-state index contributed by atoms with van der Waals surface area (Å²) in [6.07, 6.45) is 0.412. The number of benzene rings is 2. The van der Waals surface area contributed by atoms with Gasteiger partial charge in [-0.15, -0.1) is 0 Å². The average molecular weight is 507 g/mol. The number of sulfonamides is 1. The van der Waals surface area contributed by atoms with Gasteiger partial charge in [0.05, 0.1) is 11.3 Å². The molecule has 0 unspecified atom stereocenters. The Morgan fingerprint density at radius 3 is 2.34 bits per heavy atom. The summed E-state index contributed by atoms with van der Waals surface area (Å²) in [4.78, 5) is 25.9. The number of hydrogen-bond donors (Lipinski definition) is 1. The summed E-state index contributed by atoms with van der Waals surface area (Å²) < 4.78 is 51.9. The van der Waals surface area contributed by atoms with Crippen molar-refractivity contribution in [3.8, 4) is 11.5 Å². The molecule has 2 heterocycles. The molecule has 0 aromatic heterocycles. The largest absolute Gasteiger partial charge is 0.486 e. The number of aliphatic carboxylic acids is 1. The number of carbonyl (C=O) groups is 2. The second-order valence-corrected chi connectivity index (χ2v) is 10.5. The fraction of sp³-hybridized carbons (Fsp3) is 0.417. The zero-order chi connectivity index (χ0) is 25.0. The molecule has 2 aromatic carbocycles. The number of fused-ring (bicyclic) bond motifs is 1. The van der Waals surface area contributed by atoms with E-state index in [9.17, 15) is 22.4 Å². The molecule has 0 bridgehead atoms. The molecule has 11 heteroatoms. The van der Waals surface area contributed by atoms with Crippen molar-refractivity contribution in [1.82, 2.24) is 9.21 Å². The van der Waals surface area contributed by atoms with Crippen LogP contribution in [-0.4, -0.2) is 67.5 Å². The van der Waals surface area contributed by atoms with Crippen LogP contribution in [0.3, 0.4) is 0 Å². The molecule has 188 valence electrons. The predicted octanol–water partition coefficient (Wildman–Crippen LogP) is 2.50. The molecule has 0 atom stereocenters. The van der Waals surface area contributed by atoms with Gasteiger partial charge in [-0.2, -0.15) is 4.31 Å². The minimum absolute atomic E-state index is 0.0151. The summed E-state index contributed by atoms with van der Waals surface area (Å²) in [5.41, 5.74) is 0.684. The zero-order valence-electron chi connectivity index (χ0n) is 19.1. The van der Waals surface area contributed by atoms with E-state index in [0.717, 1.165) is 0 Å². The highest BCUT2D eigenvalue weighted by atomic mass is 32.2. The van der Waals surface area contributed by atoms with E-state index < -0.39 is 27.7 Å². The first-order valence-electron chi connectivity index (χ1n) is 11.4. The molecule has 1 saturated heterocycles. The van der Waals surface area contributed by atoms with Crippen molar-refractivity contribution < 1.29 is 37.0 Å². The normalized spacial score (nSPS) is 16.6. The van der Waals surface area contributed by atoms with E-state index in [2.05, 4.69) is 0 Å². The van der Waals surface area contributed by atoms with E-state index in [1.54, 1.807) is 18.2 Å². The fourth-order valence-corrected chi connectivity index (χ4v) is 5.73. The predicted molar refractivity (Wildman–Crippen MR) is 123 cm³/mol. The van der Waals surface area contributed by atoms with Gasteiger partial charge < -0.3 is 19.5 Å². The molecule has 9 nitrogen and oxygen atoms in total. The quantitative estimate of drug-likeness (QED) is 0.585. The maximum atomic E-state index is 13.2. The Balaban J connectivity index is 1.42. The lowest BCUT2D eigenvalue weighted by atomic mass is 9.96. The second kappa shape index (κ2) is 10.6. The molecule has 35 heavy (non-hydrogen) atoms. The molecule has 1 fully saturated rings. The highest BCUT2D eigenvalue weighted by Crippen LogP contribution is 2.34. The van der Waals surface area contributed by atoms with Crippen molar-refractivity contribution in [2.75, 3.05) is 32.8 Å². The first-order valence-corrected chi connectivity index (χ1v) is 12.8. The lowest BCUT2D eigenvalue weighted by Gasteiger charge is -2.34. The van der Waals surface area contributed by atoms with Crippen LogP contribution in [0.4, 0.5) is 4.39 Å². The maximum Gasteiger partial charge on any atom is 0.305 e. The summed E-state index contributed by atoms with van der Waals surface area (Å²) in [5.74, 6) is -1.20. The third-order valence-corrected chi connectivity index (χ3v) is 8.04. The van der Waals surface area contributed by atoms with Gasteiger partial charge in [0.25, 0.3) is 0 Å². The number of ether oxygens (including phenoxy) is 2. The summed E-state index contributed by atoms with van der Waals surface area (Å²) in [6, 6.07) is 10.2. The van der Waals surface area contributed by atoms with E-state index in [4.69, 9.17) is 14.6 Å². The average Bonchev–Trinajstić information content (AvgIpc) is 2.87. The minimum atomic E-state index is -3.78. The second-order valence-electron chi connectivity index (χ2n) is 8.51. The van der Waals surface area contributed by atoms with Crippen LogP contribution in [0.1, 0.15) is 24.8 Å². The third-order valence-electron chi connectivity index (χ3n) is 6.15. The highest BCUT2D eigenvalue weighted by molar-refractivity contribution is 7.89. The Hall–Kier alpha value is -3.18. The molecule has 2 aliphatic rings. The molecular weight excluding hydrogens is 479 g/mol. The molecule has 0 radical (unpaired) electrons. The Bertz CT molecular complexity index is 1180. The number of carbonyl (C=O) groups excluding carboxylic acids is 1. The fourth-order valence-electron chi connectivity index (χ4n) is 4.24. The molecule has 2 aromatic rings. The van der Waals surface area contributed by atoms with Crippen LogP contribution in [-0.2, 0) is 26.2 Å². The van der Waals surface area contributed by atoms with Crippen molar-refractivity contribution in [3.05, 3.63) is 53.8 Å². The Morgan fingerprint density at radius 1 is 1.03 bits per heavy atom. The van der Waals surface area contributed by atoms with Gasteiger partial charge in [-0.3, -0.25) is 9.59 Å². The highest BCUT2D eigenvalue weighted by Gasteiger charge is 2.34. The van der Waals surface area contributed by atoms with E-state index in [0.29, 0.717) is 43.1 Å². The van der Waals surface area contributed by atoms with E-state index in [1.165, 1.54) is 33.5 Å². The molecule has 2 aliphatic heterocycles. The summed E-state index contributed by atoms with van der Waals surface area (Å²) in [6.45, 7) is 1.25. The number of amides is 1. The zero-order valence-corrected chi connectivity index (χ0v) is 19.9.